The van der Waals surface area contributed by atoms with E-state index in [0.29, 0.717) is 12.1 Å². The van der Waals surface area contributed by atoms with Crippen LogP contribution < -0.4 is 10.5 Å². The van der Waals surface area contributed by atoms with Crippen LogP contribution in [0.2, 0.25) is 0 Å². The molecule has 2 rings (SSSR count). The Bertz CT molecular complexity index is 560. The number of sulfonamides is 1. The number of nitrogens with two attached hydrogens (primary N) is 1. The van der Waals surface area contributed by atoms with Gasteiger partial charge in [-0.2, -0.15) is 0 Å². The molecule has 0 heterocycles. The molecule has 19 heavy (non-hydrogen) atoms. The molecule has 0 amide bonds. The van der Waals surface area contributed by atoms with E-state index in [-0.39, 0.29) is 16.9 Å². The van der Waals surface area contributed by atoms with Crippen molar-refractivity contribution < 1.29 is 12.8 Å². The lowest BCUT2D eigenvalue weighted by molar-refractivity contribution is 0.452. The van der Waals surface area contributed by atoms with Crippen LogP contribution in [0.15, 0.2) is 23.1 Å². The first kappa shape index (κ1) is 14.4. The fourth-order valence-electron chi connectivity index (χ4n) is 2.60. The molecule has 4 nitrogen and oxygen atoms in total. The second kappa shape index (κ2) is 5.56. The molecule has 106 valence electrons. The predicted octanol–water partition coefficient (Wildman–Crippen LogP) is 1.54. The van der Waals surface area contributed by atoms with Gasteiger partial charge in [-0.3, -0.25) is 0 Å². The van der Waals surface area contributed by atoms with Crippen molar-refractivity contribution in [1.82, 2.24) is 4.72 Å². The minimum absolute atomic E-state index is 0.00942. The Hall–Kier alpha value is -0.980. The molecule has 3 N–H and O–H groups in total. The van der Waals surface area contributed by atoms with Gasteiger partial charge in [0.05, 0.1) is 4.90 Å². The third-order valence-electron chi connectivity index (χ3n) is 3.71. The highest BCUT2D eigenvalue weighted by Crippen LogP contribution is 2.27. The number of halogens is 1. The summed E-state index contributed by atoms with van der Waals surface area (Å²) in [6, 6.07) is 3.65. The summed E-state index contributed by atoms with van der Waals surface area (Å²) in [7, 11) is -3.69. The zero-order valence-electron chi connectivity index (χ0n) is 10.9. The molecular formula is C13H19FN2O2S. The molecule has 1 saturated carbocycles. The summed E-state index contributed by atoms with van der Waals surface area (Å²) >= 11 is 0. The Morgan fingerprint density at radius 1 is 1.42 bits per heavy atom. The van der Waals surface area contributed by atoms with Gasteiger partial charge in [0.25, 0.3) is 0 Å². The van der Waals surface area contributed by atoms with Gasteiger partial charge in [-0.05, 0) is 49.9 Å². The summed E-state index contributed by atoms with van der Waals surface area (Å²) in [5.41, 5.74) is 6.18. The minimum atomic E-state index is -3.69. The maximum atomic E-state index is 13.2. The number of nitrogens with one attached hydrogen (secondary N) is 1. The van der Waals surface area contributed by atoms with E-state index in [1.165, 1.54) is 12.1 Å². The molecule has 0 aromatic heterocycles. The molecular weight excluding hydrogens is 267 g/mol. The molecule has 2 atom stereocenters. The van der Waals surface area contributed by atoms with E-state index < -0.39 is 15.8 Å². The second-order valence-electron chi connectivity index (χ2n) is 5.06. The Morgan fingerprint density at radius 2 is 2.16 bits per heavy atom. The lowest BCUT2D eigenvalue weighted by Gasteiger charge is -2.20. The smallest absolute Gasteiger partial charge is 0.241 e. The molecule has 1 aromatic rings. The van der Waals surface area contributed by atoms with Gasteiger partial charge in [0.15, 0.2) is 0 Å². The number of hydrogen-bond donors (Lipinski definition) is 2. The van der Waals surface area contributed by atoms with Crippen molar-refractivity contribution in [3.8, 4) is 0 Å². The zero-order valence-corrected chi connectivity index (χ0v) is 11.7. The number of aryl methyl sites for hydroxylation is 1. The maximum absolute atomic E-state index is 13.2. The molecule has 0 unspecified atom stereocenters. The zero-order chi connectivity index (χ0) is 14.0. The summed E-state index contributed by atoms with van der Waals surface area (Å²) in [6.45, 7) is 2.12. The molecule has 0 spiro atoms. The Labute approximate surface area is 113 Å². The van der Waals surface area contributed by atoms with Crippen LogP contribution in [0.1, 0.15) is 24.8 Å². The number of hydrogen-bond acceptors (Lipinski definition) is 3. The lowest BCUT2D eigenvalue weighted by atomic mass is 10.1. The van der Waals surface area contributed by atoms with Gasteiger partial charge in [0.1, 0.15) is 5.82 Å². The van der Waals surface area contributed by atoms with Crippen molar-refractivity contribution in [3.63, 3.8) is 0 Å². The summed E-state index contributed by atoms with van der Waals surface area (Å²) in [4.78, 5) is 0.00942. The molecule has 0 bridgehead atoms. The average Bonchev–Trinajstić information content (AvgIpc) is 2.78. The Kier molecular flexibility index (Phi) is 4.23. The van der Waals surface area contributed by atoms with Gasteiger partial charge in [-0.15, -0.1) is 0 Å². The van der Waals surface area contributed by atoms with Crippen LogP contribution in [-0.2, 0) is 10.0 Å². The Morgan fingerprint density at radius 3 is 2.84 bits per heavy atom. The van der Waals surface area contributed by atoms with Crippen molar-refractivity contribution in [2.24, 2.45) is 11.7 Å². The molecule has 0 radical (unpaired) electrons. The molecule has 0 aliphatic heterocycles. The summed E-state index contributed by atoms with van der Waals surface area (Å²) in [5.74, 6) is -0.378. The summed E-state index contributed by atoms with van der Waals surface area (Å²) < 4.78 is 40.5. The van der Waals surface area contributed by atoms with Crippen LogP contribution in [0.3, 0.4) is 0 Å². The molecule has 1 aromatic carbocycles. The topological polar surface area (TPSA) is 72.2 Å². The van der Waals surface area contributed by atoms with Crippen molar-refractivity contribution >= 4 is 10.0 Å². The van der Waals surface area contributed by atoms with E-state index in [2.05, 4.69) is 4.72 Å². The van der Waals surface area contributed by atoms with Crippen LogP contribution >= 0.6 is 0 Å². The monoisotopic (exact) mass is 286 g/mol. The van der Waals surface area contributed by atoms with Gasteiger partial charge in [-0.1, -0.05) is 12.5 Å². The highest BCUT2D eigenvalue weighted by molar-refractivity contribution is 7.89. The fraction of sp³-hybridized carbons (Fsp3) is 0.538. The van der Waals surface area contributed by atoms with Crippen LogP contribution in [0.25, 0.3) is 0 Å². The fourth-order valence-corrected chi connectivity index (χ4v) is 4.20. The van der Waals surface area contributed by atoms with E-state index in [9.17, 15) is 12.8 Å². The van der Waals surface area contributed by atoms with Gasteiger partial charge in [0.2, 0.25) is 10.0 Å². The number of rotatable bonds is 4. The standard InChI is InChI=1S/C13H19FN2O2S/c1-9-5-6-11(14)7-13(9)19(17,18)16-12-4-2-3-10(12)8-15/h5-7,10,12,16H,2-4,8,15H2,1H3/t10-,12-/m0/s1. The highest BCUT2D eigenvalue weighted by atomic mass is 32.2. The van der Waals surface area contributed by atoms with Gasteiger partial charge < -0.3 is 5.73 Å². The molecule has 1 aliphatic carbocycles. The molecule has 1 aliphatic rings. The van der Waals surface area contributed by atoms with Crippen molar-refractivity contribution in [2.75, 3.05) is 6.54 Å². The summed E-state index contributed by atoms with van der Waals surface area (Å²) in [5, 5.41) is 0. The second-order valence-corrected chi connectivity index (χ2v) is 6.75. The number of benzene rings is 1. The quantitative estimate of drug-likeness (QED) is 0.882. The van der Waals surface area contributed by atoms with Crippen molar-refractivity contribution in [1.29, 1.82) is 0 Å². The first-order chi connectivity index (χ1) is 8.94. The minimum Gasteiger partial charge on any atom is -0.330 e. The van der Waals surface area contributed by atoms with Gasteiger partial charge >= 0.3 is 0 Å². The third kappa shape index (κ3) is 3.13. The van der Waals surface area contributed by atoms with Crippen LogP contribution in [0.5, 0.6) is 0 Å². The Balaban J connectivity index is 2.25. The lowest BCUT2D eigenvalue weighted by Crippen LogP contribution is -2.40. The summed E-state index contributed by atoms with van der Waals surface area (Å²) in [6.07, 6.45) is 2.69. The maximum Gasteiger partial charge on any atom is 0.241 e. The molecule has 0 saturated heterocycles. The first-order valence-electron chi connectivity index (χ1n) is 6.42. The van der Waals surface area contributed by atoms with E-state index in [1.807, 2.05) is 0 Å². The van der Waals surface area contributed by atoms with Gasteiger partial charge in [0, 0.05) is 6.04 Å². The van der Waals surface area contributed by atoms with E-state index >= 15 is 0 Å². The molecule has 6 heteroatoms. The van der Waals surface area contributed by atoms with Crippen molar-refractivity contribution in [2.45, 2.75) is 37.1 Å². The first-order valence-corrected chi connectivity index (χ1v) is 7.91. The van der Waals surface area contributed by atoms with E-state index in [1.54, 1.807) is 6.92 Å². The normalized spacial score (nSPS) is 23.7. The van der Waals surface area contributed by atoms with E-state index in [4.69, 9.17) is 5.73 Å². The van der Waals surface area contributed by atoms with Crippen LogP contribution in [0.4, 0.5) is 4.39 Å². The van der Waals surface area contributed by atoms with Crippen LogP contribution in [0, 0.1) is 18.7 Å². The highest BCUT2D eigenvalue weighted by Gasteiger charge is 2.30. The van der Waals surface area contributed by atoms with Crippen LogP contribution in [-0.4, -0.2) is 21.0 Å². The van der Waals surface area contributed by atoms with E-state index in [0.717, 1.165) is 25.3 Å². The van der Waals surface area contributed by atoms with Crippen molar-refractivity contribution in [3.05, 3.63) is 29.6 Å². The van der Waals surface area contributed by atoms with Gasteiger partial charge in [-0.25, -0.2) is 17.5 Å². The predicted molar refractivity (Wildman–Crippen MR) is 71.6 cm³/mol. The largest absolute Gasteiger partial charge is 0.330 e. The molecule has 1 fully saturated rings. The third-order valence-corrected chi connectivity index (χ3v) is 5.34. The average molecular weight is 286 g/mol. The SMILES string of the molecule is Cc1ccc(F)cc1S(=O)(=O)N[C@H]1CCC[C@H]1CN.